The molecule has 0 radical (unpaired) electrons. The molecule has 0 spiro atoms. The van der Waals surface area contributed by atoms with Gasteiger partial charge in [0.25, 0.3) is 0 Å². The first kappa shape index (κ1) is 14.1. The summed E-state index contributed by atoms with van der Waals surface area (Å²) >= 11 is 0. The van der Waals surface area contributed by atoms with E-state index < -0.39 is 11.4 Å². The molecule has 112 valence electrons. The van der Waals surface area contributed by atoms with Crippen molar-refractivity contribution in [3.8, 4) is 5.75 Å². The standard InChI is InChI=1S/C17H14O5/c1-9-7-11(21-10(9)2)8-13(18)15-16(19)12-5-3-4-6-14(12)22-17(15)20/h3-7,19H,8H2,1-2H3. The van der Waals surface area contributed by atoms with Crippen LogP contribution in [0.15, 0.2) is 44.0 Å². The molecule has 0 aliphatic carbocycles. The first-order chi connectivity index (χ1) is 10.5. The predicted molar refractivity (Wildman–Crippen MR) is 80.4 cm³/mol. The Labute approximate surface area is 125 Å². The summed E-state index contributed by atoms with van der Waals surface area (Å²) in [6.07, 6.45) is -0.106. The van der Waals surface area contributed by atoms with E-state index in [4.69, 9.17) is 8.83 Å². The molecule has 0 bridgehead atoms. The summed E-state index contributed by atoms with van der Waals surface area (Å²) in [5.41, 5.74) is -0.0181. The van der Waals surface area contributed by atoms with E-state index in [0.29, 0.717) is 11.1 Å². The van der Waals surface area contributed by atoms with Crippen molar-refractivity contribution < 1.29 is 18.7 Å². The molecule has 0 amide bonds. The minimum atomic E-state index is -0.846. The van der Waals surface area contributed by atoms with Crippen LogP contribution >= 0.6 is 0 Å². The van der Waals surface area contributed by atoms with Crippen LogP contribution in [0.25, 0.3) is 11.0 Å². The molecular formula is C17H14O5. The highest BCUT2D eigenvalue weighted by Crippen LogP contribution is 2.27. The van der Waals surface area contributed by atoms with Crippen LogP contribution in [0.3, 0.4) is 0 Å². The number of benzene rings is 1. The molecule has 0 fully saturated rings. The number of para-hydroxylation sites is 1. The number of carbonyl (C=O) groups excluding carboxylic acids is 1. The summed E-state index contributed by atoms with van der Waals surface area (Å²) in [6.45, 7) is 3.67. The number of furan rings is 1. The highest BCUT2D eigenvalue weighted by Gasteiger charge is 2.22. The van der Waals surface area contributed by atoms with Crippen molar-refractivity contribution in [2.24, 2.45) is 0 Å². The maximum absolute atomic E-state index is 12.3. The van der Waals surface area contributed by atoms with Crippen molar-refractivity contribution in [1.82, 2.24) is 0 Å². The highest BCUT2D eigenvalue weighted by atomic mass is 16.4. The Bertz CT molecular complexity index is 910. The van der Waals surface area contributed by atoms with E-state index in [1.165, 1.54) is 0 Å². The van der Waals surface area contributed by atoms with Crippen LogP contribution in [0.5, 0.6) is 5.75 Å². The van der Waals surface area contributed by atoms with Gasteiger partial charge in [-0.15, -0.1) is 0 Å². The number of aryl methyl sites for hydroxylation is 2. The van der Waals surface area contributed by atoms with Crippen molar-refractivity contribution in [3.05, 3.63) is 63.4 Å². The summed E-state index contributed by atoms with van der Waals surface area (Å²) in [6, 6.07) is 8.26. The second kappa shape index (κ2) is 5.18. The summed E-state index contributed by atoms with van der Waals surface area (Å²) in [4.78, 5) is 24.3. The van der Waals surface area contributed by atoms with Crippen LogP contribution in [0, 0.1) is 13.8 Å². The Balaban J connectivity index is 2.05. The highest BCUT2D eigenvalue weighted by molar-refractivity contribution is 6.03. The molecule has 0 saturated carbocycles. The average Bonchev–Trinajstić information content (AvgIpc) is 2.77. The zero-order valence-electron chi connectivity index (χ0n) is 12.2. The van der Waals surface area contributed by atoms with Gasteiger partial charge in [-0.1, -0.05) is 12.1 Å². The molecule has 0 saturated heterocycles. The van der Waals surface area contributed by atoms with Crippen molar-refractivity contribution in [1.29, 1.82) is 0 Å². The van der Waals surface area contributed by atoms with Crippen LogP contribution < -0.4 is 5.63 Å². The van der Waals surface area contributed by atoms with Crippen LogP contribution in [0.1, 0.15) is 27.4 Å². The van der Waals surface area contributed by atoms with Gasteiger partial charge in [0, 0.05) is 0 Å². The smallest absolute Gasteiger partial charge is 0.351 e. The molecule has 2 aromatic heterocycles. The Morgan fingerprint density at radius 3 is 2.59 bits per heavy atom. The van der Waals surface area contributed by atoms with Gasteiger partial charge in [0.2, 0.25) is 0 Å². The van der Waals surface area contributed by atoms with Gasteiger partial charge in [0.1, 0.15) is 28.4 Å². The van der Waals surface area contributed by atoms with E-state index in [9.17, 15) is 14.7 Å². The normalized spacial score (nSPS) is 11.0. The first-order valence-electron chi connectivity index (χ1n) is 6.81. The third kappa shape index (κ3) is 2.30. The molecular weight excluding hydrogens is 284 g/mol. The molecule has 3 aromatic rings. The Kier molecular flexibility index (Phi) is 3.33. The monoisotopic (exact) mass is 298 g/mol. The molecule has 1 N–H and O–H groups in total. The largest absolute Gasteiger partial charge is 0.506 e. The number of aromatic hydroxyl groups is 1. The van der Waals surface area contributed by atoms with E-state index in [1.807, 2.05) is 6.92 Å². The lowest BCUT2D eigenvalue weighted by molar-refractivity contribution is 0.0980. The molecule has 0 atom stereocenters. The zero-order valence-corrected chi connectivity index (χ0v) is 12.2. The number of ketones is 1. The van der Waals surface area contributed by atoms with Crippen LogP contribution in [0.4, 0.5) is 0 Å². The number of fused-ring (bicyclic) bond motifs is 1. The summed E-state index contributed by atoms with van der Waals surface area (Å²) in [5, 5.41) is 10.6. The first-order valence-corrected chi connectivity index (χ1v) is 6.81. The maximum Gasteiger partial charge on any atom is 0.351 e. The van der Waals surface area contributed by atoms with E-state index in [-0.39, 0.29) is 23.3 Å². The molecule has 3 rings (SSSR count). The van der Waals surface area contributed by atoms with Crippen LogP contribution in [0.2, 0.25) is 0 Å². The molecule has 0 unspecified atom stereocenters. The zero-order chi connectivity index (χ0) is 15.9. The van der Waals surface area contributed by atoms with E-state index in [2.05, 4.69) is 0 Å². The van der Waals surface area contributed by atoms with Gasteiger partial charge in [0.15, 0.2) is 5.78 Å². The predicted octanol–water partition coefficient (Wildman–Crippen LogP) is 3.13. The fourth-order valence-corrected chi connectivity index (χ4v) is 2.36. The number of hydrogen-bond donors (Lipinski definition) is 1. The van der Waals surface area contributed by atoms with E-state index >= 15 is 0 Å². The molecule has 2 heterocycles. The Hall–Kier alpha value is -2.82. The minimum absolute atomic E-state index is 0.106. The van der Waals surface area contributed by atoms with Gasteiger partial charge in [0.05, 0.1) is 11.8 Å². The number of rotatable bonds is 3. The third-order valence-electron chi connectivity index (χ3n) is 3.62. The molecule has 0 aliphatic rings. The van der Waals surface area contributed by atoms with Gasteiger partial charge in [-0.3, -0.25) is 4.79 Å². The maximum atomic E-state index is 12.3. The fourth-order valence-electron chi connectivity index (χ4n) is 2.36. The summed E-state index contributed by atoms with van der Waals surface area (Å²) in [7, 11) is 0. The van der Waals surface area contributed by atoms with Crippen molar-refractivity contribution in [2.75, 3.05) is 0 Å². The van der Waals surface area contributed by atoms with E-state index in [0.717, 1.165) is 11.3 Å². The number of Topliss-reactive ketones (excluding diaryl/α,β-unsaturated/α-hetero) is 1. The lowest BCUT2D eigenvalue weighted by atomic mass is 10.1. The fraction of sp³-hybridized carbons (Fsp3) is 0.176. The molecule has 22 heavy (non-hydrogen) atoms. The number of carbonyl (C=O) groups is 1. The van der Waals surface area contributed by atoms with Gasteiger partial charge in [-0.2, -0.15) is 0 Å². The molecule has 5 nitrogen and oxygen atoms in total. The molecule has 0 aliphatic heterocycles. The molecule has 1 aromatic carbocycles. The lowest BCUT2D eigenvalue weighted by Crippen LogP contribution is -2.16. The summed E-state index contributed by atoms with van der Waals surface area (Å²) in [5.74, 6) is 0.284. The third-order valence-corrected chi connectivity index (χ3v) is 3.62. The lowest BCUT2D eigenvalue weighted by Gasteiger charge is -2.04. The second-order valence-corrected chi connectivity index (χ2v) is 5.16. The summed E-state index contributed by atoms with van der Waals surface area (Å²) < 4.78 is 10.5. The quantitative estimate of drug-likeness (QED) is 0.593. The number of hydrogen-bond acceptors (Lipinski definition) is 5. The van der Waals surface area contributed by atoms with Crippen LogP contribution in [-0.4, -0.2) is 10.9 Å². The average molecular weight is 298 g/mol. The molecule has 5 heteroatoms. The Morgan fingerprint density at radius 1 is 1.18 bits per heavy atom. The topological polar surface area (TPSA) is 80.6 Å². The van der Waals surface area contributed by atoms with Gasteiger partial charge in [-0.05, 0) is 37.6 Å². The van der Waals surface area contributed by atoms with Crippen molar-refractivity contribution in [3.63, 3.8) is 0 Å². The van der Waals surface area contributed by atoms with E-state index in [1.54, 1.807) is 37.3 Å². The van der Waals surface area contributed by atoms with Gasteiger partial charge in [-0.25, -0.2) is 4.79 Å². The van der Waals surface area contributed by atoms with Crippen molar-refractivity contribution in [2.45, 2.75) is 20.3 Å². The second-order valence-electron chi connectivity index (χ2n) is 5.16. The minimum Gasteiger partial charge on any atom is -0.506 e. The van der Waals surface area contributed by atoms with Gasteiger partial charge >= 0.3 is 5.63 Å². The van der Waals surface area contributed by atoms with Crippen molar-refractivity contribution >= 4 is 16.8 Å². The Morgan fingerprint density at radius 2 is 1.91 bits per heavy atom. The van der Waals surface area contributed by atoms with Gasteiger partial charge < -0.3 is 13.9 Å². The SMILES string of the molecule is Cc1cc(CC(=O)c2c(O)c3ccccc3oc2=O)oc1C. The van der Waals surface area contributed by atoms with Crippen LogP contribution in [-0.2, 0) is 6.42 Å².